The summed E-state index contributed by atoms with van der Waals surface area (Å²) in [6.45, 7) is 9.76. The average Bonchev–Trinajstić information content (AvgIpc) is 2.68. The van der Waals surface area contributed by atoms with Crippen LogP contribution in [0.25, 0.3) is 0 Å². The fourth-order valence-corrected chi connectivity index (χ4v) is 4.11. The topological polar surface area (TPSA) is 44.8 Å². The highest BCUT2D eigenvalue weighted by atomic mass is 16.6. The van der Waals surface area contributed by atoms with E-state index in [-0.39, 0.29) is 6.09 Å². The van der Waals surface area contributed by atoms with Crippen LogP contribution in [0.1, 0.15) is 46.5 Å². The summed E-state index contributed by atoms with van der Waals surface area (Å²) in [5.74, 6) is 0. The Morgan fingerprint density at radius 3 is 2.10 bits per heavy atom. The Morgan fingerprint density at radius 2 is 1.57 bits per heavy atom. The van der Waals surface area contributed by atoms with Crippen LogP contribution in [0.4, 0.5) is 4.79 Å². The summed E-state index contributed by atoms with van der Waals surface area (Å²) in [5, 5.41) is 3.45. The molecule has 5 nitrogen and oxygen atoms in total. The van der Waals surface area contributed by atoms with Gasteiger partial charge >= 0.3 is 6.09 Å². The van der Waals surface area contributed by atoms with Crippen molar-refractivity contribution in [3.05, 3.63) is 0 Å². The number of nitrogens with zero attached hydrogens (tertiary/aromatic N) is 2. The van der Waals surface area contributed by atoms with Gasteiger partial charge in [-0.3, -0.25) is 4.90 Å². The minimum Gasteiger partial charge on any atom is -0.444 e. The number of amides is 1. The summed E-state index contributed by atoms with van der Waals surface area (Å²) >= 11 is 0. The van der Waals surface area contributed by atoms with E-state index in [9.17, 15) is 4.79 Å². The molecule has 0 spiro atoms. The summed E-state index contributed by atoms with van der Waals surface area (Å²) in [7, 11) is 0. The normalized spacial score (nSPS) is 31.5. The molecule has 120 valence electrons. The molecule has 1 N–H and O–H groups in total. The van der Waals surface area contributed by atoms with Crippen molar-refractivity contribution in [1.29, 1.82) is 0 Å². The van der Waals surface area contributed by atoms with Crippen molar-refractivity contribution in [1.82, 2.24) is 15.1 Å². The molecule has 3 aliphatic rings. The highest BCUT2D eigenvalue weighted by molar-refractivity contribution is 5.68. The van der Waals surface area contributed by atoms with Gasteiger partial charge in [0.05, 0.1) is 0 Å². The molecular formula is C16H29N3O2. The molecule has 0 radical (unpaired) electrons. The van der Waals surface area contributed by atoms with E-state index >= 15 is 0 Å². The monoisotopic (exact) mass is 295 g/mol. The van der Waals surface area contributed by atoms with Gasteiger partial charge in [0.2, 0.25) is 0 Å². The first-order valence-electron chi connectivity index (χ1n) is 8.40. The van der Waals surface area contributed by atoms with Crippen molar-refractivity contribution in [2.45, 2.75) is 70.2 Å². The molecule has 2 atom stereocenters. The standard InChI is InChI=1S/C16H29N3O2/c1-16(2,3)21-15(20)18-10-13-4-5-14(11-18)19(13)12-6-8-17-9-7-12/h12-14,17H,4-11H2,1-3H3. The predicted molar refractivity (Wildman–Crippen MR) is 82.3 cm³/mol. The molecule has 0 aromatic heterocycles. The van der Waals surface area contributed by atoms with E-state index in [1.165, 1.54) is 25.7 Å². The summed E-state index contributed by atoms with van der Waals surface area (Å²) in [6, 6.07) is 1.79. The quantitative estimate of drug-likeness (QED) is 0.801. The molecule has 0 aliphatic carbocycles. The Morgan fingerprint density at radius 1 is 1.00 bits per heavy atom. The van der Waals surface area contributed by atoms with E-state index in [0.29, 0.717) is 18.1 Å². The van der Waals surface area contributed by atoms with Crippen molar-refractivity contribution in [3.8, 4) is 0 Å². The van der Waals surface area contributed by atoms with E-state index in [1.807, 2.05) is 25.7 Å². The van der Waals surface area contributed by atoms with Crippen LogP contribution in [0.15, 0.2) is 0 Å². The first-order valence-corrected chi connectivity index (χ1v) is 8.40. The van der Waals surface area contributed by atoms with Crippen molar-refractivity contribution in [2.75, 3.05) is 26.2 Å². The van der Waals surface area contributed by atoms with Gasteiger partial charge in [-0.25, -0.2) is 4.79 Å². The number of likely N-dealkylation sites (tertiary alicyclic amines) is 1. The summed E-state index contributed by atoms with van der Waals surface area (Å²) < 4.78 is 5.54. The highest BCUT2D eigenvalue weighted by Gasteiger charge is 2.45. The van der Waals surface area contributed by atoms with Crippen LogP contribution < -0.4 is 5.32 Å². The van der Waals surface area contributed by atoms with Gasteiger partial charge in [0.1, 0.15) is 5.60 Å². The minimum atomic E-state index is -0.400. The Labute approximate surface area is 128 Å². The molecule has 2 unspecified atom stereocenters. The van der Waals surface area contributed by atoms with Crippen LogP contribution in [-0.2, 0) is 4.74 Å². The van der Waals surface area contributed by atoms with Gasteiger partial charge in [0, 0.05) is 31.2 Å². The Balaban J connectivity index is 1.62. The number of nitrogens with one attached hydrogen (secondary N) is 1. The molecule has 0 aromatic rings. The molecule has 0 aromatic carbocycles. The van der Waals surface area contributed by atoms with E-state index in [4.69, 9.17) is 4.74 Å². The van der Waals surface area contributed by atoms with E-state index < -0.39 is 5.60 Å². The van der Waals surface area contributed by atoms with Crippen LogP contribution in [0.2, 0.25) is 0 Å². The lowest BCUT2D eigenvalue weighted by Crippen LogP contribution is -2.60. The maximum absolute atomic E-state index is 12.3. The number of carbonyl (C=O) groups is 1. The van der Waals surface area contributed by atoms with Gasteiger partial charge in [-0.05, 0) is 59.5 Å². The number of rotatable bonds is 1. The maximum Gasteiger partial charge on any atom is 0.410 e. The summed E-state index contributed by atoms with van der Waals surface area (Å²) in [6.07, 6.45) is 4.82. The fraction of sp³-hybridized carbons (Fsp3) is 0.938. The first-order chi connectivity index (χ1) is 9.94. The molecule has 3 heterocycles. The van der Waals surface area contributed by atoms with Crippen molar-refractivity contribution < 1.29 is 9.53 Å². The third-order valence-electron chi connectivity index (χ3n) is 4.92. The summed E-state index contributed by atoms with van der Waals surface area (Å²) in [4.78, 5) is 17.0. The minimum absolute atomic E-state index is 0.135. The SMILES string of the molecule is CC(C)(C)OC(=O)N1CC2CCC(C1)N2C1CCNCC1. The molecule has 0 saturated carbocycles. The molecule has 3 saturated heterocycles. The number of piperidine rings is 1. The zero-order valence-electron chi connectivity index (χ0n) is 13.6. The third-order valence-corrected chi connectivity index (χ3v) is 4.92. The van der Waals surface area contributed by atoms with Gasteiger partial charge in [-0.1, -0.05) is 0 Å². The second kappa shape index (κ2) is 5.76. The predicted octanol–water partition coefficient (Wildman–Crippen LogP) is 1.82. The van der Waals surface area contributed by atoms with Crippen LogP contribution in [0, 0.1) is 0 Å². The van der Waals surface area contributed by atoms with Crippen LogP contribution in [-0.4, -0.2) is 65.8 Å². The lowest BCUT2D eigenvalue weighted by Gasteiger charge is -2.46. The Bertz CT molecular complexity index is 373. The van der Waals surface area contributed by atoms with Crippen molar-refractivity contribution >= 4 is 6.09 Å². The second-order valence-electron chi connectivity index (χ2n) is 7.70. The van der Waals surface area contributed by atoms with Crippen LogP contribution in [0.5, 0.6) is 0 Å². The zero-order chi connectivity index (χ0) is 15.0. The molecule has 3 fully saturated rings. The number of hydrogen-bond donors (Lipinski definition) is 1. The molecule has 2 bridgehead atoms. The van der Waals surface area contributed by atoms with Crippen LogP contribution in [0.3, 0.4) is 0 Å². The second-order valence-corrected chi connectivity index (χ2v) is 7.70. The zero-order valence-corrected chi connectivity index (χ0v) is 13.6. The average molecular weight is 295 g/mol. The first kappa shape index (κ1) is 15.1. The molecular weight excluding hydrogens is 266 g/mol. The largest absolute Gasteiger partial charge is 0.444 e. The highest BCUT2D eigenvalue weighted by Crippen LogP contribution is 2.34. The smallest absolute Gasteiger partial charge is 0.410 e. The third kappa shape index (κ3) is 3.34. The summed E-state index contributed by atoms with van der Waals surface area (Å²) in [5.41, 5.74) is -0.400. The lowest BCUT2D eigenvalue weighted by molar-refractivity contribution is -0.0118. The molecule has 1 amide bonds. The number of hydrogen-bond acceptors (Lipinski definition) is 4. The van der Waals surface area contributed by atoms with Gasteiger partial charge < -0.3 is 15.0 Å². The molecule has 3 rings (SSSR count). The number of carbonyl (C=O) groups excluding carboxylic acids is 1. The van der Waals surface area contributed by atoms with E-state index in [2.05, 4.69) is 10.2 Å². The fourth-order valence-electron chi connectivity index (χ4n) is 4.11. The van der Waals surface area contributed by atoms with E-state index in [0.717, 1.165) is 26.2 Å². The van der Waals surface area contributed by atoms with Crippen LogP contribution >= 0.6 is 0 Å². The van der Waals surface area contributed by atoms with Crippen molar-refractivity contribution in [2.24, 2.45) is 0 Å². The molecule has 3 aliphatic heterocycles. The van der Waals surface area contributed by atoms with Gasteiger partial charge in [-0.15, -0.1) is 0 Å². The van der Waals surface area contributed by atoms with Gasteiger partial charge in [0.25, 0.3) is 0 Å². The number of ether oxygens (including phenoxy) is 1. The lowest BCUT2D eigenvalue weighted by atomic mass is 10.0. The van der Waals surface area contributed by atoms with Crippen molar-refractivity contribution in [3.63, 3.8) is 0 Å². The number of piperazine rings is 1. The Kier molecular flexibility index (Phi) is 4.14. The van der Waals surface area contributed by atoms with Gasteiger partial charge in [-0.2, -0.15) is 0 Å². The van der Waals surface area contributed by atoms with E-state index in [1.54, 1.807) is 0 Å². The molecule has 5 heteroatoms. The Hall–Kier alpha value is -0.810. The van der Waals surface area contributed by atoms with Gasteiger partial charge in [0.15, 0.2) is 0 Å². The molecule has 21 heavy (non-hydrogen) atoms. The maximum atomic E-state index is 12.3. The number of fused-ring (bicyclic) bond motifs is 2.